The standard InChI is InChI=1S/C19H17N3O2S/c23-18(16-10-5-11-25-16)21-22-19(24)17-12-6-1-3-8-14(12)20-15-9-4-2-7-13(15)17/h1,3,5-6,8,10-11H,2,4,7,9H2,(H,21,23)(H,22,24). The highest BCUT2D eigenvalue weighted by Crippen LogP contribution is 2.29. The maximum absolute atomic E-state index is 12.9. The van der Waals surface area contributed by atoms with Crippen LogP contribution in [0.3, 0.4) is 0 Å². The van der Waals surface area contributed by atoms with Crippen LogP contribution in [0.2, 0.25) is 0 Å². The predicted molar refractivity (Wildman–Crippen MR) is 97.6 cm³/mol. The number of pyridine rings is 1. The Morgan fingerprint density at radius 3 is 2.60 bits per heavy atom. The highest BCUT2D eigenvalue weighted by atomic mass is 32.1. The number of rotatable bonds is 2. The van der Waals surface area contributed by atoms with E-state index in [1.807, 2.05) is 29.6 Å². The fourth-order valence-electron chi connectivity index (χ4n) is 3.28. The molecule has 0 aliphatic heterocycles. The van der Waals surface area contributed by atoms with Crippen molar-refractivity contribution in [3.05, 3.63) is 63.5 Å². The molecule has 0 spiro atoms. The van der Waals surface area contributed by atoms with E-state index in [4.69, 9.17) is 4.98 Å². The molecule has 126 valence electrons. The van der Waals surface area contributed by atoms with Gasteiger partial charge in [0, 0.05) is 11.1 Å². The lowest BCUT2D eigenvalue weighted by Gasteiger charge is -2.20. The zero-order valence-corrected chi connectivity index (χ0v) is 14.4. The molecule has 0 radical (unpaired) electrons. The van der Waals surface area contributed by atoms with Crippen molar-refractivity contribution in [2.75, 3.05) is 0 Å². The third-order valence-electron chi connectivity index (χ3n) is 4.43. The molecule has 2 heterocycles. The van der Waals surface area contributed by atoms with Crippen LogP contribution in [0.15, 0.2) is 41.8 Å². The number of carbonyl (C=O) groups excluding carboxylic acids is 2. The summed E-state index contributed by atoms with van der Waals surface area (Å²) in [5.41, 5.74) is 8.53. The number of carbonyl (C=O) groups is 2. The summed E-state index contributed by atoms with van der Waals surface area (Å²) in [6, 6.07) is 11.2. The molecule has 0 atom stereocenters. The van der Waals surface area contributed by atoms with Crippen molar-refractivity contribution in [1.82, 2.24) is 15.8 Å². The Morgan fingerprint density at radius 1 is 0.960 bits per heavy atom. The van der Waals surface area contributed by atoms with E-state index in [1.54, 1.807) is 12.1 Å². The van der Waals surface area contributed by atoms with E-state index >= 15 is 0 Å². The van der Waals surface area contributed by atoms with Crippen LogP contribution in [0.4, 0.5) is 0 Å². The Hall–Kier alpha value is -2.73. The van der Waals surface area contributed by atoms with Gasteiger partial charge < -0.3 is 0 Å². The lowest BCUT2D eigenvalue weighted by atomic mass is 9.89. The van der Waals surface area contributed by atoms with Crippen LogP contribution in [0.25, 0.3) is 10.9 Å². The lowest BCUT2D eigenvalue weighted by Crippen LogP contribution is -2.42. The van der Waals surface area contributed by atoms with Crippen LogP contribution >= 0.6 is 11.3 Å². The Balaban J connectivity index is 1.67. The number of para-hydroxylation sites is 1. The summed E-state index contributed by atoms with van der Waals surface area (Å²) in [5.74, 6) is -0.600. The van der Waals surface area contributed by atoms with Crippen LogP contribution in [-0.4, -0.2) is 16.8 Å². The molecule has 25 heavy (non-hydrogen) atoms. The van der Waals surface area contributed by atoms with Gasteiger partial charge in [0.15, 0.2) is 0 Å². The number of nitrogens with zero attached hydrogens (tertiary/aromatic N) is 1. The van der Waals surface area contributed by atoms with Gasteiger partial charge in [-0.05, 0) is 48.8 Å². The van der Waals surface area contributed by atoms with Crippen molar-refractivity contribution in [3.63, 3.8) is 0 Å². The molecule has 4 rings (SSSR count). The van der Waals surface area contributed by atoms with Crippen molar-refractivity contribution < 1.29 is 9.59 Å². The summed E-state index contributed by atoms with van der Waals surface area (Å²) < 4.78 is 0. The van der Waals surface area contributed by atoms with E-state index in [0.717, 1.165) is 47.8 Å². The summed E-state index contributed by atoms with van der Waals surface area (Å²) in [6.45, 7) is 0. The van der Waals surface area contributed by atoms with E-state index in [9.17, 15) is 9.59 Å². The summed E-state index contributed by atoms with van der Waals surface area (Å²) in [6.07, 6.45) is 3.88. The van der Waals surface area contributed by atoms with E-state index in [-0.39, 0.29) is 11.8 Å². The number of hydrogen-bond donors (Lipinski definition) is 2. The topological polar surface area (TPSA) is 71.1 Å². The molecule has 1 aliphatic rings. The van der Waals surface area contributed by atoms with Crippen molar-refractivity contribution >= 4 is 34.1 Å². The zero-order chi connectivity index (χ0) is 17.2. The Morgan fingerprint density at radius 2 is 1.76 bits per heavy atom. The highest BCUT2D eigenvalue weighted by molar-refractivity contribution is 7.12. The van der Waals surface area contributed by atoms with Crippen molar-refractivity contribution in [2.24, 2.45) is 0 Å². The minimum absolute atomic E-state index is 0.290. The predicted octanol–water partition coefficient (Wildman–Crippen LogP) is 3.25. The molecule has 0 unspecified atom stereocenters. The minimum atomic E-state index is -0.310. The van der Waals surface area contributed by atoms with Gasteiger partial charge in [-0.25, -0.2) is 0 Å². The van der Waals surface area contributed by atoms with Crippen LogP contribution in [0.1, 0.15) is 44.1 Å². The van der Waals surface area contributed by atoms with E-state index in [0.29, 0.717) is 10.4 Å². The number of fused-ring (bicyclic) bond motifs is 2. The van der Waals surface area contributed by atoms with E-state index in [1.165, 1.54) is 11.3 Å². The normalized spacial score (nSPS) is 13.3. The quantitative estimate of drug-likeness (QED) is 0.696. The Labute approximate surface area is 149 Å². The van der Waals surface area contributed by atoms with Gasteiger partial charge in [-0.2, -0.15) is 0 Å². The number of benzene rings is 1. The molecule has 0 saturated carbocycles. The molecule has 0 saturated heterocycles. The van der Waals surface area contributed by atoms with Gasteiger partial charge in [-0.15, -0.1) is 11.3 Å². The average Bonchev–Trinajstić information content (AvgIpc) is 3.18. The number of aryl methyl sites for hydroxylation is 1. The molecule has 3 aromatic rings. The Kier molecular flexibility index (Phi) is 4.19. The third kappa shape index (κ3) is 3.00. The van der Waals surface area contributed by atoms with Crippen LogP contribution < -0.4 is 10.9 Å². The van der Waals surface area contributed by atoms with Gasteiger partial charge in [0.1, 0.15) is 0 Å². The number of hydrazine groups is 1. The van der Waals surface area contributed by atoms with Crippen LogP contribution in [0, 0.1) is 0 Å². The van der Waals surface area contributed by atoms with Crippen molar-refractivity contribution in [1.29, 1.82) is 0 Å². The molecule has 6 heteroatoms. The second kappa shape index (κ2) is 6.64. The molecule has 1 aliphatic carbocycles. The SMILES string of the molecule is O=C(NNC(=O)c1c2c(nc3ccccc13)CCCC2)c1cccs1. The minimum Gasteiger partial charge on any atom is -0.267 e. The fraction of sp³-hybridized carbons (Fsp3) is 0.211. The number of aromatic nitrogens is 1. The zero-order valence-electron chi connectivity index (χ0n) is 13.5. The molecule has 1 aromatic carbocycles. The van der Waals surface area contributed by atoms with Gasteiger partial charge in [0.25, 0.3) is 11.8 Å². The molecule has 5 nitrogen and oxygen atoms in total. The molecule has 0 bridgehead atoms. The Bertz CT molecular complexity index is 951. The summed E-state index contributed by atoms with van der Waals surface area (Å²) in [5, 5.41) is 2.65. The number of amides is 2. The molecule has 2 N–H and O–H groups in total. The van der Waals surface area contributed by atoms with Crippen molar-refractivity contribution in [2.45, 2.75) is 25.7 Å². The van der Waals surface area contributed by atoms with Crippen molar-refractivity contribution in [3.8, 4) is 0 Å². The second-order valence-electron chi connectivity index (χ2n) is 6.02. The number of thiophene rings is 1. The summed E-state index contributed by atoms with van der Waals surface area (Å²) >= 11 is 1.33. The summed E-state index contributed by atoms with van der Waals surface area (Å²) in [7, 11) is 0. The maximum Gasteiger partial charge on any atom is 0.279 e. The number of nitrogens with one attached hydrogen (secondary N) is 2. The van der Waals surface area contributed by atoms with E-state index in [2.05, 4.69) is 10.9 Å². The van der Waals surface area contributed by atoms with Gasteiger partial charge >= 0.3 is 0 Å². The first-order chi connectivity index (χ1) is 12.2. The summed E-state index contributed by atoms with van der Waals surface area (Å²) in [4.78, 5) is 30.2. The maximum atomic E-state index is 12.9. The third-order valence-corrected chi connectivity index (χ3v) is 5.30. The lowest BCUT2D eigenvalue weighted by molar-refractivity contribution is 0.0849. The molecule has 2 aromatic heterocycles. The monoisotopic (exact) mass is 351 g/mol. The second-order valence-corrected chi connectivity index (χ2v) is 6.97. The molecule has 2 amide bonds. The van der Waals surface area contributed by atoms with Gasteiger partial charge in [0.2, 0.25) is 0 Å². The highest BCUT2D eigenvalue weighted by Gasteiger charge is 2.22. The fourth-order valence-corrected chi connectivity index (χ4v) is 3.90. The van der Waals surface area contributed by atoms with Gasteiger partial charge in [-0.3, -0.25) is 25.4 Å². The van der Waals surface area contributed by atoms with Crippen LogP contribution in [-0.2, 0) is 12.8 Å². The van der Waals surface area contributed by atoms with Crippen LogP contribution in [0.5, 0.6) is 0 Å². The first-order valence-electron chi connectivity index (χ1n) is 8.29. The average molecular weight is 351 g/mol. The molecule has 0 fully saturated rings. The number of hydrogen-bond acceptors (Lipinski definition) is 4. The largest absolute Gasteiger partial charge is 0.279 e. The molecular weight excluding hydrogens is 334 g/mol. The molecular formula is C19H17N3O2S. The van der Waals surface area contributed by atoms with Gasteiger partial charge in [0.05, 0.1) is 16.0 Å². The van der Waals surface area contributed by atoms with E-state index < -0.39 is 0 Å². The first-order valence-corrected chi connectivity index (χ1v) is 9.16. The smallest absolute Gasteiger partial charge is 0.267 e. The first kappa shape index (κ1) is 15.8. The van der Waals surface area contributed by atoms with Gasteiger partial charge in [-0.1, -0.05) is 24.3 Å².